The topological polar surface area (TPSA) is 32.3 Å². The quantitative estimate of drug-likeness (QED) is 0.922. The van der Waals surface area contributed by atoms with E-state index in [9.17, 15) is 4.79 Å². The van der Waals surface area contributed by atoms with Crippen LogP contribution in [0.5, 0.6) is 0 Å². The number of fused-ring (bicyclic) bond motifs is 1. The summed E-state index contributed by atoms with van der Waals surface area (Å²) in [6, 6.07) is 9.91. The van der Waals surface area contributed by atoms with Gasteiger partial charge in [0, 0.05) is 31.6 Å². The lowest BCUT2D eigenvalue weighted by atomic mass is 10.0. The number of hydrogen-bond donors (Lipinski definition) is 1. The molecule has 0 spiro atoms. The van der Waals surface area contributed by atoms with Gasteiger partial charge >= 0.3 is 0 Å². The zero-order valence-corrected chi connectivity index (χ0v) is 13.0. The van der Waals surface area contributed by atoms with E-state index < -0.39 is 0 Å². The van der Waals surface area contributed by atoms with E-state index in [0.717, 1.165) is 32.4 Å². The Bertz CT molecular complexity index is 467. The van der Waals surface area contributed by atoms with Crippen molar-refractivity contribution in [2.75, 3.05) is 13.1 Å². The highest BCUT2D eigenvalue weighted by molar-refractivity contribution is 5.76. The van der Waals surface area contributed by atoms with Gasteiger partial charge < -0.3 is 5.32 Å². The normalized spacial score (nSPS) is 20.4. The monoisotopic (exact) mass is 286 g/mol. The fraction of sp³-hybridized carbons (Fsp3) is 0.611. The molecule has 1 heterocycles. The third kappa shape index (κ3) is 3.46. The minimum absolute atomic E-state index is 0.226. The number of likely N-dealkylation sites (tertiary alicyclic amines) is 1. The number of rotatable bonds is 4. The van der Waals surface area contributed by atoms with Gasteiger partial charge in [-0.1, -0.05) is 31.2 Å². The summed E-state index contributed by atoms with van der Waals surface area (Å²) in [6.07, 6.45) is 6.19. The Morgan fingerprint density at radius 3 is 2.38 bits per heavy atom. The first-order valence-electron chi connectivity index (χ1n) is 8.36. The van der Waals surface area contributed by atoms with E-state index in [0.29, 0.717) is 18.5 Å². The lowest BCUT2D eigenvalue weighted by Crippen LogP contribution is -2.48. The number of nitrogens with zero attached hydrogens (tertiary/aromatic N) is 1. The van der Waals surface area contributed by atoms with Crippen molar-refractivity contribution in [3.63, 3.8) is 0 Å². The van der Waals surface area contributed by atoms with Crippen LogP contribution in [-0.4, -0.2) is 36.0 Å². The molecular formula is C18H26N2O. The average molecular weight is 286 g/mol. The van der Waals surface area contributed by atoms with Gasteiger partial charge in [-0.2, -0.15) is 0 Å². The molecule has 0 saturated carbocycles. The molecule has 1 aliphatic carbocycles. The smallest absolute Gasteiger partial charge is 0.220 e. The maximum absolute atomic E-state index is 11.7. The highest BCUT2D eigenvalue weighted by Gasteiger charge is 2.29. The maximum Gasteiger partial charge on any atom is 0.220 e. The standard InChI is InChI=1S/C18H26N2O/c1-2-5-18(21)19-16-8-10-20(11-9-16)17-12-14-6-3-4-7-15(14)13-17/h3-4,6-7,16-17H,2,5,8-13H2,1H3,(H,19,21). The number of hydrogen-bond acceptors (Lipinski definition) is 2. The third-order valence-corrected chi connectivity index (χ3v) is 4.92. The van der Waals surface area contributed by atoms with Crippen LogP contribution < -0.4 is 5.32 Å². The van der Waals surface area contributed by atoms with Gasteiger partial charge in [0.05, 0.1) is 0 Å². The summed E-state index contributed by atoms with van der Waals surface area (Å²) in [4.78, 5) is 14.3. The molecule has 0 aromatic heterocycles. The fourth-order valence-corrected chi connectivity index (χ4v) is 3.73. The van der Waals surface area contributed by atoms with Crippen LogP contribution in [0.25, 0.3) is 0 Å². The van der Waals surface area contributed by atoms with E-state index in [2.05, 4.69) is 41.4 Å². The molecule has 1 fully saturated rings. The van der Waals surface area contributed by atoms with Crippen molar-refractivity contribution in [2.45, 2.75) is 57.5 Å². The van der Waals surface area contributed by atoms with E-state index in [1.54, 1.807) is 0 Å². The third-order valence-electron chi connectivity index (χ3n) is 4.92. The molecule has 0 atom stereocenters. The summed E-state index contributed by atoms with van der Waals surface area (Å²) in [7, 11) is 0. The number of benzene rings is 1. The number of nitrogens with one attached hydrogen (secondary N) is 1. The van der Waals surface area contributed by atoms with Gasteiger partial charge in [-0.3, -0.25) is 9.69 Å². The van der Waals surface area contributed by atoms with E-state index in [-0.39, 0.29) is 5.91 Å². The second-order valence-corrected chi connectivity index (χ2v) is 6.46. The van der Waals surface area contributed by atoms with Crippen LogP contribution in [0.2, 0.25) is 0 Å². The molecule has 114 valence electrons. The van der Waals surface area contributed by atoms with Crippen molar-refractivity contribution in [3.05, 3.63) is 35.4 Å². The summed E-state index contributed by atoms with van der Waals surface area (Å²) in [5.41, 5.74) is 3.06. The number of piperidine rings is 1. The predicted octanol–water partition coefficient (Wildman–Crippen LogP) is 2.53. The molecule has 21 heavy (non-hydrogen) atoms. The van der Waals surface area contributed by atoms with Gasteiger partial charge in [0.25, 0.3) is 0 Å². The lowest BCUT2D eigenvalue weighted by molar-refractivity contribution is -0.122. The van der Waals surface area contributed by atoms with Crippen molar-refractivity contribution in [3.8, 4) is 0 Å². The summed E-state index contributed by atoms with van der Waals surface area (Å²) in [6.45, 7) is 4.30. The summed E-state index contributed by atoms with van der Waals surface area (Å²) >= 11 is 0. The van der Waals surface area contributed by atoms with Gasteiger partial charge in [-0.15, -0.1) is 0 Å². The Labute approximate surface area is 127 Å². The van der Waals surface area contributed by atoms with Crippen LogP contribution in [0.4, 0.5) is 0 Å². The highest BCUT2D eigenvalue weighted by atomic mass is 16.1. The van der Waals surface area contributed by atoms with Crippen LogP contribution in [0, 0.1) is 0 Å². The van der Waals surface area contributed by atoms with Crippen molar-refractivity contribution in [1.29, 1.82) is 0 Å². The zero-order chi connectivity index (χ0) is 14.7. The van der Waals surface area contributed by atoms with Crippen LogP contribution in [0.1, 0.15) is 43.7 Å². The van der Waals surface area contributed by atoms with Crippen molar-refractivity contribution >= 4 is 5.91 Å². The number of carbonyl (C=O) groups excluding carboxylic acids is 1. The summed E-state index contributed by atoms with van der Waals surface area (Å²) in [5.74, 6) is 0.226. The molecule has 1 aromatic rings. The largest absolute Gasteiger partial charge is 0.353 e. The molecule has 2 aliphatic rings. The van der Waals surface area contributed by atoms with Gasteiger partial charge in [0.1, 0.15) is 0 Å². The Balaban J connectivity index is 1.48. The van der Waals surface area contributed by atoms with Crippen molar-refractivity contribution in [2.24, 2.45) is 0 Å². The Kier molecular flexibility index (Phi) is 4.59. The minimum Gasteiger partial charge on any atom is -0.353 e. The molecule has 3 heteroatoms. The highest BCUT2D eigenvalue weighted by Crippen LogP contribution is 2.27. The van der Waals surface area contributed by atoms with E-state index in [1.165, 1.54) is 24.0 Å². The Morgan fingerprint density at radius 2 is 1.81 bits per heavy atom. The second-order valence-electron chi connectivity index (χ2n) is 6.46. The van der Waals surface area contributed by atoms with Crippen molar-refractivity contribution in [1.82, 2.24) is 10.2 Å². The molecule has 1 aliphatic heterocycles. The van der Waals surface area contributed by atoms with Gasteiger partial charge in [0.15, 0.2) is 0 Å². The fourth-order valence-electron chi connectivity index (χ4n) is 3.73. The maximum atomic E-state index is 11.7. The van der Waals surface area contributed by atoms with E-state index >= 15 is 0 Å². The van der Waals surface area contributed by atoms with Crippen LogP contribution in [-0.2, 0) is 17.6 Å². The molecule has 0 unspecified atom stereocenters. The summed E-state index contributed by atoms with van der Waals surface area (Å²) in [5, 5.41) is 3.18. The predicted molar refractivity (Wildman–Crippen MR) is 85.3 cm³/mol. The average Bonchev–Trinajstić information content (AvgIpc) is 2.92. The van der Waals surface area contributed by atoms with Crippen LogP contribution in [0.3, 0.4) is 0 Å². The van der Waals surface area contributed by atoms with Crippen molar-refractivity contribution < 1.29 is 4.79 Å². The Morgan fingerprint density at radius 1 is 1.19 bits per heavy atom. The molecular weight excluding hydrogens is 260 g/mol. The molecule has 0 radical (unpaired) electrons. The molecule has 1 amide bonds. The first kappa shape index (κ1) is 14.6. The molecule has 3 nitrogen and oxygen atoms in total. The van der Waals surface area contributed by atoms with Crippen LogP contribution >= 0.6 is 0 Å². The second kappa shape index (κ2) is 6.61. The van der Waals surface area contributed by atoms with Gasteiger partial charge in [0.2, 0.25) is 5.91 Å². The number of amides is 1. The Hall–Kier alpha value is -1.35. The van der Waals surface area contributed by atoms with E-state index in [4.69, 9.17) is 0 Å². The molecule has 0 bridgehead atoms. The lowest BCUT2D eigenvalue weighted by Gasteiger charge is -2.36. The summed E-state index contributed by atoms with van der Waals surface area (Å²) < 4.78 is 0. The zero-order valence-electron chi connectivity index (χ0n) is 13.0. The van der Waals surface area contributed by atoms with Gasteiger partial charge in [-0.25, -0.2) is 0 Å². The first-order chi connectivity index (χ1) is 10.3. The minimum atomic E-state index is 0.226. The SMILES string of the molecule is CCCC(=O)NC1CCN(C2Cc3ccccc3C2)CC1. The van der Waals surface area contributed by atoms with E-state index in [1.807, 2.05) is 0 Å². The van der Waals surface area contributed by atoms with Gasteiger partial charge in [-0.05, 0) is 43.2 Å². The molecule has 1 saturated heterocycles. The molecule has 1 N–H and O–H groups in total. The first-order valence-corrected chi connectivity index (χ1v) is 8.36. The molecule has 1 aromatic carbocycles. The molecule has 3 rings (SSSR count). The number of carbonyl (C=O) groups is 1. The van der Waals surface area contributed by atoms with Crippen LogP contribution in [0.15, 0.2) is 24.3 Å².